The fourth-order valence-corrected chi connectivity index (χ4v) is 4.12. The number of benzene rings is 1. The van der Waals surface area contributed by atoms with Gasteiger partial charge < -0.3 is 14.6 Å². The van der Waals surface area contributed by atoms with Crippen LogP contribution in [0.2, 0.25) is 0 Å². The Kier molecular flexibility index (Phi) is 4.68. The van der Waals surface area contributed by atoms with E-state index in [1.165, 1.54) is 0 Å². The molecule has 2 aliphatic rings. The molecule has 0 bridgehead atoms. The van der Waals surface area contributed by atoms with E-state index in [1.54, 1.807) is 0 Å². The van der Waals surface area contributed by atoms with E-state index in [1.807, 2.05) is 0 Å². The quantitative estimate of drug-likeness (QED) is 0.788. The molecule has 1 heterocycles. The molecule has 0 aromatic heterocycles. The van der Waals surface area contributed by atoms with Gasteiger partial charge in [-0.05, 0) is 25.0 Å². The third-order valence-electron chi connectivity index (χ3n) is 4.37. The van der Waals surface area contributed by atoms with E-state index in [0.29, 0.717) is 25.5 Å². The van der Waals surface area contributed by atoms with Crippen LogP contribution in [0.4, 0.5) is 22.0 Å². The molecule has 11 heteroatoms. The van der Waals surface area contributed by atoms with Crippen molar-refractivity contribution in [3.63, 3.8) is 0 Å². The van der Waals surface area contributed by atoms with Crippen LogP contribution in [0, 0.1) is 0 Å². The summed E-state index contributed by atoms with van der Waals surface area (Å²) in [5.74, 6) is -3.98. The molecule has 0 amide bonds. The normalized spacial score (nSPS) is 25.8. The van der Waals surface area contributed by atoms with Crippen LogP contribution in [-0.4, -0.2) is 44.3 Å². The second-order valence-corrected chi connectivity index (χ2v) is 8.11. The molecule has 0 unspecified atom stereocenters. The second-order valence-electron chi connectivity index (χ2n) is 6.20. The van der Waals surface area contributed by atoms with Crippen LogP contribution in [0.1, 0.15) is 30.1 Å². The Bertz CT molecular complexity index is 799. The molecule has 146 valence electrons. The summed E-state index contributed by atoms with van der Waals surface area (Å²) in [7, 11) is -5.91. The van der Waals surface area contributed by atoms with Gasteiger partial charge in [0.05, 0.1) is 11.5 Å². The number of rotatable bonds is 3. The minimum atomic E-state index is -5.91. The Morgan fingerprint density at radius 1 is 1.27 bits per heavy atom. The highest BCUT2D eigenvalue weighted by Crippen LogP contribution is 2.50. The van der Waals surface area contributed by atoms with E-state index in [9.17, 15) is 35.5 Å². The zero-order valence-corrected chi connectivity index (χ0v) is 14.0. The molecular weight excluding hydrogens is 387 g/mol. The fourth-order valence-electron chi connectivity index (χ4n) is 3.10. The predicted octanol–water partition coefficient (Wildman–Crippen LogP) is 2.76. The van der Waals surface area contributed by atoms with Crippen molar-refractivity contribution in [1.29, 1.82) is 0 Å². The first-order valence-electron chi connectivity index (χ1n) is 7.72. The van der Waals surface area contributed by atoms with Crippen LogP contribution in [-0.2, 0) is 21.0 Å². The summed E-state index contributed by atoms with van der Waals surface area (Å²) >= 11 is 0. The largest absolute Gasteiger partial charge is 0.501 e. The maximum atomic E-state index is 13.9. The minimum Gasteiger partial charge on any atom is -0.488 e. The third-order valence-corrected chi connectivity index (χ3v) is 5.91. The number of fused-ring (bicyclic) bond motifs is 1. The average Bonchev–Trinajstić information content (AvgIpc) is 2.78. The van der Waals surface area contributed by atoms with Gasteiger partial charge in [-0.15, -0.1) is 0 Å². The number of alkyl halides is 5. The van der Waals surface area contributed by atoms with Gasteiger partial charge in [-0.3, -0.25) is 0 Å². The molecule has 0 spiro atoms. The van der Waals surface area contributed by atoms with Crippen LogP contribution < -0.4 is 4.74 Å². The molecule has 3 rings (SSSR count). The van der Waals surface area contributed by atoms with Gasteiger partial charge in [0.2, 0.25) is 0 Å². The lowest BCUT2D eigenvalue weighted by Gasteiger charge is -2.25. The highest BCUT2D eigenvalue weighted by atomic mass is 32.2. The summed E-state index contributed by atoms with van der Waals surface area (Å²) in [6, 6.07) is 1.46. The summed E-state index contributed by atoms with van der Waals surface area (Å²) in [6.07, 6.45) is -3.07. The number of aliphatic hydroxyl groups is 1. The number of ether oxygens (including phenoxy) is 2. The summed E-state index contributed by atoms with van der Waals surface area (Å²) in [6.45, 7) is 0.688. The summed E-state index contributed by atoms with van der Waals surface area (Å²) in [4.78, 5) is -1.38. The first-order valence-corrected chi connectivity index (χ1v) is 9.21. The van der Waals surface area contributed by atoms with E-state index >= 15 is 0 Å². The SMILES string of the molecule is O=S(=O)(c1ccc(O[C@@H]2CCCOC2)c2c1[C@H](O)C(F)(F)C2)C(F)(F)F. The van der Waals surface area contributed by atoms with Crippen LogP contribution in [0.3, 0.4) is 0 Å². The molecule has 1 aliphatic carbocycles. The number of aliphatic hydroxyl groups excluding tert-OH is 1. The van der Waals surface area contributed by atoms with Crippen molar-refractivity contribution in [2.75, 3.05) is 13.2 Å². The Labute approximate surface area is 145 Å². The molecule has 2 atom stereocenters. The van der Waals surface area contributed by atoms with Crippen molar-refractivity contribution in [1.82, 2.24) is 0 Å². The highest BCUT2D eigenvalue weighted by Gasteiger charge is 2.55. The van der Waals surface area contributed by atoms with Crippen molar-refractivity contribution in [3.05, 3.63) is 23.3 Å². The Morgan fingerprint density at radius 2 is 1.96 bits per heavy atom. The van der Waals surface area contributed by atoms with E-state index < -0.39 is 55.9 Å². The van der Waals surface area contributed by atoms with Gasteiger partial charge in [0, 0.05) is 24.2 Å². The number of sulfone groups is 1. The monoisotopic (exact) mass is 402 g/mol. The van der Waals surface area contributed by atoms with Crippen molar-refractivity contribution < 1.29 is 45.0 Å². The summed E-state index contributed by atoms with van der Waals surface area (Å²) < 4.78 is 101. The molecule has 5 nitrogen and oxygen atoms in total. The Hall–Kier alpha value is -1.46. The highest BCUT2D eigenvalue weighted by molar-refractivity contribution is 7.92. The minimum absolute atomic E-state index is 0.173. The van der Waals surface area contributed by atoms with Gasteiger partial charge >= 0.3 is 5.51 Å². The molecule has 1 aliphatic heterocycles. The molecular formula is C15H15F5O5S. The van der Waals surface area contributed by atoms with Crippen molar-refractivity contribution in [2.24, 2.45) is 0 Å². The van der Waals surface area contributed by atoms with Crippen molar-refractivity contribution in [3.8, 4) is 5.75 Å². The summed E-state index contributed by atoms with van der Waals surface area (Å²) in [5.41, 5.74) is -7.07. The Morgan fingerprint density at radius 3 is 2.54 bits per heavy atom. The van der Waals surface area contributed by atoms with Gasteiger partial charge in [0.1, 0.15) is 18.0 Å². The van der Waals surface area contributed by atoms with E-state index in [4.69, 9.17) is 9.47 Å². The first-order chi connectivity index (χ1) is 11.9. The average molecular weight is 402 g/mol. The molecule has 1 aromatic carbocycles. The lowest BCUT2D eigenvalue weighted by atomic mass is 10.1. The Balaban J connectivity index is 2.09. The van der Waals surface area contributed by atoms with Gasteiger partial charge in [-0.2, -0.15) is 13.2 Å². The fraction of sp³-hybridized carbons (Fsp3) is 0.600. The van der Waals surface area contributed by atoms with Gasteiger partial charge in [0.25, 0.3) is 15.8 Å². The lowest BCUT2D eigenvalue weighted by molar-refractivity contribution is -0.0979. The van der Waals surface area contributed by atoms with Crippen molar-refractivity contribution in [2.45, 2.75) is 47.8 Å². The topological polar surface area (TPSA) is 72.8 Å². The molecule has 1 aromatic rings. The molecule has 1 saturated heterocycles. The smallest absolute Gasteiger partial charge is 0.488 e. The molecule has 0 saturated carbocycles. The molecule has 1 N–H and O–H groups in total. The molecule has 1 fully saturated rings. The number of hydrogen-bond donors (Lipinski definition) is 1. The zero-order valence-electron chi connectivity index (χ0n) is 13.2. The first kappa shape index (κ1) is 19.3. The van der Waals surface area contributed by atoms with Crippen LogP contribution in [0.25, 0.3) is 0 Å². The lowest BCUT2D eigenvalue weighted by Crippen LogP contribution is -2.28. The summed E-state index contributed by atoms with van der Waals surface area (Å²) in [5, 5.41) is 9.79. The molecule has 0 radical (unpaired) electrons. The third kappa shape index (κ3) is 3.16. The van der Waals surface area contributed by atoms with Crippen LogP contribution in [0.15, 0.2) is 17.0 Å². The molecule has 26 heavy (non-hydrogen) atoms. The maximum Gasteiger partial charge on any atom is 0.501 e. The number of hydrogen-bond acceptors (Lipinski definition) is 5. The van der Waals surface area contributed by atoms with Gasteiger partial charge in [0.15, 0.2) is 0 Å². The van der Waals surface area contributed by atoms with E-state index in [2.05, 4.69) is 0 Å². The number of halogens is 5. The predicted molar refractivity (Wildman–Crippen MR) is 77.8 cm³/mol. The van der Waals surface area contributed by atoms with Crippen molar-refractivity contribution >= 4 is 9.84 Å². The van der Waals surface area contributed by atoms with E-state index in [-0.39, 0.29) is 12.4 Å². The maximum absolute atomic E-state index is 13.9. The van der Waals surface area contributed by atoms with E-state index in [0.717, 1.165) is 6.07 Å². The standard InChI is InChI=1S/C15H15F5O5S/c16-14(17)6-9-10(25-8-2-1-5-24-7-8)3-4-11(12(9)13(14)21)26(22,23)15(18,19)20/h3-4,8,13,21H,1-2,5-7H2/t8-,13+/m1/s1. The van der Waals surface area contributed by atoms with Gasteiger partial charge in [-0.1, -0.05) is 0 Å². The van der Waals surface area contributed by atoms with Crippen LogP contribution >= 0.6 is 0 Å². The van der Waals surface area contributed by atoms with Crippen LogP contribution in [0.5, 0.6) is 5.75 Å². The second kappa shape index (κ2) is 6.31. The van der Waals surface area contributed by atoms with Gasteiger partial charge in [-0.25, -0.2) is 17.2 Å². The zero-order chi connectivity index (χ0) is 19.3.